The minimum Gasteiger partial charge on any atom is -0.376 e. The maximum atomic E-state index is 12.9. The molecule has 2 aromatic rings. The number of imidazole rings is 1. The molecule has 0 spiro atoms. The minimum absolute atomic E-state index is 0.0557. The quantitative estimate of drug-likeness (QED) is 0.764. The Bertz CT molecular complexity index is 805. The van der Waals surface area contributed by atoms with E-state index >= 15 is 0 Å². The van der Waals surface area contributed by atoms with Crippen LogP contribution in [0, 0.1) is 13.8 Å². The lowest BCUT2D eigenvalue weighted by Gasteiger charge is -2.17. The number of rotatable bonds is 7. The standard InChI is InChI=1S/C19H26N4O3/c1-14-11-15(2)23(12-16-5-3-10-26-16)19(25)17(14)18(24)21-6-4-8-22-9-7-20-13-22/h7,9,11,13,16H,3-6,8,10,12H2,1-2H3,(H,21,24)/t16-/m1/s1. The van der Waals surface area contributed by atoms with E-state index in [-0.39, 0.29) is 23.1 Å². The Hall–Kier alpha value is -2.41. The Morgan fingerprint density at radius 1 is 1.42 bits per heavy atom. The van der Waals surface area contributed by atoms with E-state index in [2.05, 4.69) is 10.3 Å². The first-order valence-electron chi connectivity index (χ1n) is 9.13. The number of nitrogens with zero attached hydrogens (tertiary/aromatic N) is 3. The van der Waals surface area contributed by atoms with Gasteiger partial charge in [0.2, 0.25) is 0 Å². The zero-order chi connectivity index (χ0) is 18.5. The smallest absolute Gasteiger partial charge is 0.263 e. The molecule has 3 heterocycles. The predicted molar refractivity (Wildman–Crippen MR) is 98.3 cm³/mol. The van der Waals surface area contributed by atoms with Gasteiger partial charge in [-0.1, -0.05) is 0 Å². The Morgan fingerprint density at radius 3 is 2.96 bits per heavy atom. The van der Waals surface area contributed by atoms with Crippen LogP contribution in [-0.2, 0) is 17.8 Å². The lowest BCUT2D eigenvalue weighted by atomic mass is 10.1. The first-order chi connectivity index (χ1) is 12.6. The molecule has 26 heavy (non-hydrogen) atoms. The second-order valence-corrected chi connectivity index (χ2v) is 6.80. The van der Waals surface area contributed by atoms with Crippen LogP contribution in [0.1, 0.15) is 40.9 Å². The SMILES string of the molecule is Cc1cc(C)n(C[C@H]2CCCO2)c(=O)c1C(=O)NCCCn1ccnc1. The number of aromatic nitrogens is 3. The summed E-state index contributed by atoms with van der Waals surface area (Å²) in [4.78, 5) is 29.5. The van der Waals surface area contributed by atoms with Crippen LogP contribution in [0.2, 0.25) is 0 Å². The largest absolute Gasteiger partial charge is 0.376 e. The van der Waals surface area contributed by atoms with Crippen molar-refractivity contribution < 1.29 is 9.53 Å². The molecule has 0 bridgehead atoms. The molecule has 0 saturated carbocycles. The highest BCUT2D eigenvalue weighted by molar-refractivity contribution is 5.95. The maximum Gasteiger partial charge on any atom is 0.263 e. The van der Waals surface area contributed by atoms with Gasteiger partial charge in [0.1, 0.15) is 5.56 Å². The summed E-state index contributed by atoms with van der Waals surface area (Å²) >= 11 is 0. The Kier molecular flexibility index (Phi) is 5.88. The molecule has 3 rings (SSSR count). The third kappa shape index (κ3) is 4.22. The molecule has 1 saturated heterocycles. The number of hydrogen-bond donors (Lipinski definition) is 1. The molecule has 1 N–H and O–H groups in total. The summed E-state index contributed by atoms with van der Waals surface area (Å²) < 4.78 is 9.27. The number of hydrogen-bond acceptors (Lipinski definition) is 4. The molecule has 1 aliphatic rings. The van der Waals surface area contributed by atoms with Gasteiger partial charge < -0.3 is 19.2 Å². The summed E-state index contributed by atoms with van der Waals surface area (Å²) in [6, 6.07) is 1.90. The monoisotopic (exact) mass is 358 g/mol. The van der Waals surface area contributed by atoms with Crippen LogP contribution in [-0.4, -0.2) is 39.3 Å². The number of aryl methyl sites for hydroxylation is 3. The van der Waals surface area contributed by atoms with E-state index in [4.69, 9.17) is 4.74 Å². The molecule has 140 valence electrons. The van der Waals surface area contributed by atoms with Crippen LogP contribution in [0.25, 0.3) is 0 Å². The Balaban J connectivity index is 1.67. The fraction of sp³-hybridized carbons (Fsp3) is 0.526. The summed E-state index contributed by atoms with van der Waals surface area (Å²) in [5.74, 6) is -0.306. The van der Waals surface area contributed by atoms with E-state index in [0.29, 0.717) is 18.7 Å². The van der Waals surface area contributed by atoms with Crippen LogP contribution in [0.4, 0.5) is 0 Å². The number of ether oxygens (including phenoxy) is 1. The second kappa shape index (κ2) is 8.31. The molecule has 0 unspecified atom stereocenters. The summed E-state index contributed by atoms with van der Waals surface area (Å²) in [6.45, 7) is 6.24. The van der Waals surface area contributed by atoms with Crippen LogP contribution >= 0.6 is 0 Å². The van der Waals surface area contributed by atoms with Gasteiger partial charge in [0, 0.05) is 37.8 Å². The lowest BCUT2D eigenvalue weighted by molar-refractivity contribution is 0.0927. The van der Waals surface area contributed by atoms with E-state index in [9.17, 15) is 9.59 Å². The Morgan fingerprint density at radius 2 is 2.27 bits per heavy atom. The average molecular weight is 358 g/mol. The molecular formula is C19H26N4O3. The number of carbonyl (C=O) groups is 1. The van der Waals surface area contributed by atoms with Crippen molar-refractivity contribution in [1.82, 2.24) is 19.4 Å². The third-order valence-corrected chi connectivity index (χ3v) is 4.78. The third-order valence-electron chi connectivity index (χ3n) is 4.78. The van der Waals surface area contributed by atoms with E-state index < -0.39 is 0 Å². The number of amides is 1. The van der Waals surface area contributed by atoms with Gasteiger partial charge in [-0.2, -0.15) is 0 Å². The predicted octanol–water partition coefficient (Wildman–Crippen LogP) is 1.66. The highest BCUT2D eigenvalue weighted by Gasteiger charge is 2.21. The lowest BCUT2D eigenvalue weighted by Crippen LogP contribution is -2.37. The number of carbonyl (C=O) groups excluding carboxylic acids is 1. The highest BCUT2D eigenvalue weighted by Crippen LogP contribution is 2.15. The zero-order valence-electron chi connectivity index (χ0n) is 15.4. The highest BCUT2D eigenvalue weighted by atomic mass is 16.5. The van der Waals surface area contributed by atoms with Crippen LogP contribution < -0.4 is 10.9 Å². The molecule has 1 amide bonds. The van der Waals surface area contributed by atoms with Crippen molar-refractivity contribution in [3.63, 3.8) is 0 Å². The molecule has 1 fully saturated rings. The molecule has 0 radical (unpaired) electrons. The van der Waals surface area contributed by atoms with Crippen molar-refractivity contribution in [3.8, 4) is 0 Å². The maximum absolute atomic E-state index is 12.9. The van der Waals surface area contributed by atoms with Gasteiger partial charge in [-0.25, -0.2) is 4.98 Å². The summed E-state index contributed by atoms with van der Waals surface area (Å²) in [5, 5.41) is 2.87. The first-order valence-corrected chi connectivity index (χ1v) is 9.13. The zero-order valence-corrected chi connectivity index (χ0v) is 15.4. The van der Waals surface area contributed by atoms with Crippen molar-refractivity contribution >= 4 is 5.91 Å². The van der Waals surface area contributed by atoms with Crippen LogP contribution in [0.5, 0.6) is 0 Å². The fourth-order valence-corrected chi connectivity index (χ4v) is 3.39. The number of nitrogens with one attached hydrogen (secondary N) is 1. The molecule has 1 aliphatic heterocycles. The Labute approximate surface area is 153 Å². The normalized spacial score (nSPS) is 16.8. The van der Waals surface area contributed by atoms with E-state index in [1.165, 1.54) is 0 Å². The molecule has 2 aromatic heterocycles. The van der Waals surface area contributed by atoms with Gasteiger partial charge in [0.25, 0.3) is 11.5 Å². The molecule has 7 nitrogen and oxygen atoms in total. The second-order valence-electron chi connectivity index (χ2n) is 6.80. The fourth-order valence-electron chi connectivity index (χ4n) is 3.39. The van der Waals surface area contributed by atoms with Crippen molar-refractivity contribution in [2.24, 2.45) is 0 Å². The van der Waals surface area contributed by atoms with Gasteiger partial charge >= 0.3 is 0 Å². The van der Waals surface area contributed by atoms with Gasteiger partial charge in [-0.15, -0.1) is 0 Å². The van der Waals surface area contributed by atoms with E-state index in [1.54, 1.807) is 17.1 Å². The molecule has 1 atom stereocenters. The van der Waals surface area contributed by atoms with Crippen molar-refractivity contribution in [2.75, 3.05) is 13.2 Å². The molecule has 0 aliphatic carbocycles. The van der Waals surface area contributed by atoms with E-state index in [0.717, 1.165) is 38.1 Å². The van der Waals surface area contributed by atoms with Gasteiger partial charge in [-0.3, -0.25) is 9.59 Å². The minimum atomic E-state index is -0.306. The van der Waals surface area contributed by atoms with Gasteiger partial charge in [-0.05, 0) is 44.7 Å². The van der Waals surface area contributed by atoms with Crippen molar-refractivity contribution in [3.05, 3.63) is 52.0 Å². The average Bonchev–Trinajstić information content (AvgIpc) is 3.29. The summed E-state index contributed by atoms with van der Waals surface area (Å²) in [6.07, 6.45) is 8.16. The molecular weight excluding hydrogens is 332 g/mol. The van der Waals surface area contributed by atoms with Crippen LogP contribution in [0.15, 0.2) is 29.6 Å². The van der Waals surface area contributed by atoms with E-state index in [1.807, 2.05) is 30.7 Å². The van der Waals surface area contributed by atoms with Crippen molar-refractivity contribution in [1.29, 1.82) is 0 Å². The van der Waals surface area contributed by atoms with Crippen molar-refractivity contribution in [2.45, 2.75) is 52.3 Å². The molecule has 7 heteroatoms. The topological polar surface area (TPSA) is 78.1 Å². The summed E-state index contributed by atoms with van der Waals surface area (Å²) in [7, 11) is 0. The number of pyridine rings is 1. The first kappa shape index (κ1) is 18.4. The van der Waals surface area contributed by atoms with Gasteiger partial charge in [0.15, 0.2) is 0 Å². The summed E-state index contributed by atoms with van der Waals surface area (Å²) in [5.41, 5.74) is 1.57. The molecule has 0 aromatic carbocycles. The van der Waals surface area contributed by atoms with Crippen LogP contribution in [0.3, 0.4) is 0 Å². The van der Waals surface area contributed by atoms with Gasteiger partial charge in [0.05, 0.1) is 19.0 Å².